The number of aliphatic hydroxyl groups excluding tert-OH is 1. The molecule has 3 N–H and O–H groups in total. The summed E-state index contributed by atoms with van der Waals surface area (Å²) in [7, 11) is 0. The highest BCUT2D eigenvalue weighted by Crippen LogP contribution is 2.66. The van der Waals surface area contributed by atoms with Gasteiger partial charge in [0.25, 0.3) is 0 Å². The molecule has 0 aliphatic heterocycles. The number of benzene rings is 1. The molecule has 43 heavy (non-hydrogen) atoms. The van der Waals surface area contributed by atoms with E-state index in [0.717, 1.165) is 28.4 Å². The highest BCUT2D eigenvalue weighted by molar-refractivity contribution is 6.41. The lowest BCUT2D eigenvalue weighted by Crippen LogP contribution is -2.69. The van der Waals surface area contributed by atoms with Gasteiger partial charge >= 0.3 is 0 Å². The highest BCUT2D eigenvalue weighted by atomic mass is 16.3. The highest BCUT2D eigenvalue weighted by Gasteiger charge is 2.74. The lowest BCUT2D eigenvalue weighted by molar-refractivity contribution is -0.177. The number of aliphatic hydroxyl groups is 1. The van der Waals surface area contributed by atoms with Gasteiger partial charge in [0, 0.05) is 5.56 Å². The normalized spacial score (nSPS) is 26.3. The molecule has 6 heteroatoms. The number of hydrogen-bond donors (Lipinski definition) is 3. The van der Waals surface area contributed by atoms with Crippen molar-refractivity contribution in [2.75, 3.05) is 0 Å². The predicted octanol–water partition coefficient (Wildman–Crippen LogP) is 8.37. The zero-order valence-corrected chi connectivity index (χ0v) is 27.2. The molecular weight excluding hydrogens is 540 g/mol. The van der Waals surface area contributed by atoms with E-state index < -0.39 is 50.6 Å². The summed E-state index contributed by atoms with van der Waals surface area (Å²) >= 11 is 0. The molecule has 0 amide bonds. The van der Waals surface area contributed by atoms with Crippen LogP contribution in [-0.2, 0) is 14.4 Å². The van der Waals surface area contributed by atoms with Crippen LogP contribution >= 0.6 is 0 Å². The molecule has 4 atom stereocenters. The lowest BCUT2D eigenvalue weighted by Gasteiger charge is -2.60. The van der Waals surface area contributed by atoms with Gasteiger partial charge in [-0.3, -0.25) is 14.4 Å². The van der Waals surface area contributed by atoms with Crippen LogP contribution in [0.2, 0.25) is 0 Å². The minimum absolute atomic E-state index is 0.00610. The standard InChI is InChI=1S/C37H48O6/c1-21(2)11-13-27-20-36(19-26(24(7)8)17-23(5)6)32(41)30(31(40)25-12-14-28(38)29(39)18-25)33(42)37(34(36)43,35(27,9)10)16-15-22(3)4/h11-12,14-15,17-18,26-27,38-40H,7,13,16,19-20H2,1-6,8-10H3/t26?,27-,36-,37+/m1/s1. The van der Waals surface area contributed by atoms with Crippen molar-refractivity contribution in [1.29, 1.82) is 0 Å². The predicted molar refractivity (Wildman–Crippen MR) is 172 cm³/mol. The molecule has 0 aromatic heterocycles. The number of phenolic OH excluding ortho intramolecular Hbond substituents is 2. The summed E-state index contributed by atoms with van der Waals surface area (Å²) in [6, 6.07) is 3.63. The molecule has 232 valence electrons. The van der Waals surface area contributed by atoms with Crippen LogP contribution in [0.3, 0.4) is 0 Å². The first-order valence-electron chi connectivity index (χ1n) is 15.0. The number of rotatable bonds is 9. The summed E-state index contributed by atoms with van der Waals surface area (Å²) in [5.74, 6) is -3.76. The van der Waals surface area contributed by atoms with Gasteiger partial charge in [-0.05, 0) is 110 Å². The minimum Gasteiger partial charge on any atom is -0.506 e. The molecule has 0 spiro atoms. The maximum absolute atomic E-state index is 15.1. The van der Waals surface area contributed by atoms with Gasteiger partial charge in [-0.25, -0.2) is 0 Å². The topological polar surface area (TPSA) is 112 Å². The Kier molecular flexibility index (Phi) is 9.55. The number of hydrogen-bond acceptors (Lipinski definition) is 6. The maximum atomic E-state index is 15.1. The number of carbonyl (C=O) groups excluding carboxylic acids is 3. The summed E-state index contributed by atoms with van der Waals surface area (Å²) in [4.78, 5) is 44.8. The van der Waals surface area contributed by atoms with Crippen LogP contribution in [0.1, 0.15) is 93.6 Å². The third-order valence-electron chi connectivity index (χ3n) is 9.66. The lowest BCUT2D eigenvalue weighted by atomic mass is 9.38. The van der Waals surface area contributed by atoms with Crippen LogP contribution in [0, 0.1) is 28.1 Å². The van der Waals surface area contributed by atoms with Crippen LogP contribution in [-0.4, -0.2) is 32.7 Å². The fourth-order valence-electron chi connectivity index (χ4n) is 6.98. The molecule has 6 nitrogen and oxygen atoms in total. The van der Waals surface area contributed by atoms with Gasteiger partial charge in [-0.1, -0.05) is 60.9 Å². The van der Waals surface area contributed by atoms with E-state index in [1.807, 2.05) is 74.5 Å². The number of carbonyl (C=O) groups is 3. The van der Waals surface area contributed by atoms with Crippen molar-refractivity contribution >= 4 is 23.1 Å². The van der Waals surface area contributed by atoms with E-state index in [9.17, 15) is 24.9 Å². The molecule has 0 radical (unpaired) electrons. The van der Waals surface area contributed by atoms with Crippen molar-refractivity contribution in [2.24, 2.45) is 28.1 Å². The minimum atomic E-state index is -1.62. The van der Waals surface area contributed by atoms with Crippen molar-refractivity contribution in [1.82, 2.24) is 0 Å². The first kappa shape index (κ1) is 33.8. The van der Waals surface area contributed by atoms with Crippen LogP contribution in [0.15, 0.2) is 70.9 Å². The Bertz CT molecular complexity index is 1470. The van der Waals surface area contributed by atoms with Gasteiger partial charge in [0.2, 0.25) is 0 Å². The molecule has 0 saturated heterocycles. The zero-order chi connectivity index (χ0) is 32.7. The van der Waals surface area contributed by atoms with Crippen LogP contribution in [0.5, 0.6) is 11.5 Å². The van der Waals surface area contributed by atoms with Gasteiger partial charge in [0.05, 0.1) is 5.41 Å². The third kappa shape index (κ3) is 5.81. The average molecular weight is 589 g/mol. The number of phenols is 2. The van der Waals surface area contributed by atoms with Crippen LogP contribution < -0.4 is 0 Å². The molecule has 1 aromatic carbocycles. The fraction of sp³-hybridized carbons (Fsp3) is 0.486. The molecular formula is C37H48O6. The second-order valence-corrected chi connectivity index (χ2v) is 13.9. The molecule has 1 aromatic rings. The second-order valence-electron chi connectivity index (χ2n) is 13.9. The van der Waals surface area contributed by atoms with Crippen molar-refractivity contribution in [2.45, 2.75) is 88.0 Å². The molecule has 2 saturated carbocycles. The van der Waals surface area contributed by atoms with E-state index in [1.54, 1.807) is 0 Å². The van der Waals surface area contributed by atoms with Crippen molar-refractivity contribution < 1.29 is 29.7 Å². The molecule has 3 rings (SSSR count). The Morgan fingerprint density at radius 3 is 2.05 bits per heavy atom. The van der Waals surface area contributed by atoms with E-state index >= 15 is 4.79 Å². The number of ketones is 3. The number of aromatic hydroxyl groups is 2. The van der Waals surface area contributed by atoms with E-state index in [-0.39, 0.29) is 42.4 Å². The van der Waals surface area contributed by atoms with E-state index in [2.05, 4.69) is 12.7 Å². The largest absolute Gasteiger partial charge is 0.506 e. The SMILES string of the molecule is C=C(C)C(C=C(C)C)C[C@@]12C[C@@H](CC=C(C)C)C(C)(C)[C@@](CC=C(C)C)(C(=O)C(=C(O)c3ccc(O)c(O)c3)C1=O)C2=O. The monoisotopic (exact) mass is 588 g/mol. The van der Waals surface area contributed by atoms with Gasteiger partial charge in [-0.15, -0.1) is 0 Å². The smallest absolute Gasteiger partial charge is 0.184 e. The quantitative estimate of drug-likeness (QED) is 0.0667. The van der Waals surface area contributed by atoms with Crippen LogP contribution in [0.4, 0.5) is 0 Å². The summed E-state index contributed by atoms with van der Waals surface area (Å²) in [5, 5.41) is 31.7. The Hall–Kier alpha value is -3.67. The molecule has 2 fully saturated rings. The zero-order valence-electron chi connectivity index (χ0n) is 27.2. The molecule has 2 aliphatic carbocycles. The summed E-state index contributed by atoms with van der Waals surface area (Å²) < 4.78 is 0. The first-order chi connectivity index (χ1) is 19.8. The fourth-order valence-corrected chi connectivity index (χ4v) is 6.98. The molecule has 2 aliphatic rings. The summed E-state index contributed by atoms with van der Waals surface area (Å²) in [6.07, 6.45) is 7.05. The Morgan fingerprint density at radius 2 is 1.53 bits per heavy atom. The van der Waals surface area contributed by atoms with E-state index in [4.69, 9.17) is 0 Å². The summed E-state index contributed by atoms with van der Waals surface area (Å²) in [5.41, 5.74) is -0.638. The third-order valence-corrected chi connectivity index (χ3v) is 9.66. The van der Waals surface area contributed by atoms with Gasteiger partial charge in [0.1, 0.15) is 16.7 Å². The Labute approximate surface area is 256 Å². The molecule has 1 unspecified atom stereocenters. The number of allylic oxidation sites excluding steroid dienone is 8. The number of fused-ring (bicyclic) bond motifs is 2. The molecule has 2 bridgehead atoms. The summed E-state index contributed by atoms with van der Waals surface area (Å²) in [6.45, 7) is 21.7. The van der Waals surface area contributed by atoms with E-state index in [1.165, 1.54) is 12.1 Å². The van der Waals surface area contributed by atoms with Crippen molar-refractivity contribution in [3.05, 3.63) is 76.4 Å². The van der Waals surface area contributed by atoms with Gasteiger partial charge in [-0.2, -0.15) is 0 Å². The maximum Gasteiger partial charge on any atom is 0.184 e. The molecule has 0 heterocycles. The Balaban J connectivity index is 2.50. The van der Waals surface area contributed by atoms with Crippen molar-refractivity contribution in [3.63, 3.8) is 0 Å². The van der Waals surface area contributed by atoms with Crippen LogP contribution in [0.25, 0.3) is 5.76 Å². The van der Waals surface area contributed by atoms with Crippen molar-refractivity contribution in [3.8, 4) is 11.5 Å². The average Bonchev–Trinajstić information content (AvgIpc) is 2.89. The van der Waals surface area contributed by atoms with Gasteiger partial charge < -0.3 is 15.3 Å². The Morgan fingerprint density at radius 1 is 0.930 bits per heavy atom. The first-order valence-corrected chi connectivity index (χ1v) is 15.0. The number of Topliss-reactive ketones (excluding diaryl/α,β-unsaturated/α-hetero) is 3. The van der Waals surface area contributed by atoms with E-state index in [0.29, 0.717) is 6.42 Å². The second kappa shape index (κ2) is 12.1. The van der Waals surface area contributed by atoms with Gasteiger partial charge in [0.15, 0.2) is 28.8 Å².